The van der Waals surface area contributed by atoms with Gasteiger partial charge in [-0.3, -0.25) is 10.2 Å². The predicted octanol–water partition coefficient (Wildman–Crippen LogP) is 1.74. The average molecular weight is 330 g/mol. The van der Waals surface area contributed by atoms with Crippen molar-refractivity contribution in [1.29, 1.82) is 0 Å². The van der Waals surface area contributed by atoms with E-state index in [2.05, 4.69) is 20.3 Å². The van der Waals surface area contributed by atoms with Crippen molar-refractivity contribution in [3.63, 3.8) is 0 Å². The van der Waals surface area contributed by atoms with E-state index in [4.69, 9.17) is 5.21 Å². The van der Waals surface area contributed by atoms with Crippen molar-refractivity contribution >= 4 is 42.5 Å². The molecule has 0 aliphatic carbocycles. The quantitative estimate of drug-likeness (QED) is 0.276. The van der Waals surface area contributed by atoms with E-state index in [1.165, 1.54) is 0 Å². The number of hydroxylamine groups is 1. The summed E-state index contributed by atoms with van der Waals surface area (Å²) in [7, 11) is 1.61. The van der Waals surface area contributed by atoms with Crippen LogP contribution in [0.5, 0.6) is 0 Å². The normalized spacial score (nSPS) is 10.4. The van der Waals surface area contributed by atoms with E-state index in [1.807, 2.05) is 24.2 Å². The van der Waals surface area contributed by atoms with E-state index in [-0.39, 0.29) is 24.8 Å². The zero-order valence-corrected chi connectivity index (χ0v) is 13.4. The number of hydrogen-bond acceptors (Lipinski definition) is 4. The number of aryl methyl sites for hydroxylation is 1. The highest BCUT2D eigenvalue weighted by molar-refractivity contribution is 7.98. The highest BCUT2D eigenvalue weighted by atomic mass is 35.5. The molecule has 4 N–H and O–H groups in total. The maximum atomic E-state index is 8.62. The molecule has 0 aromatic carbocycles. The summed E-state index contributed by atoms with van der Waals surface area (Å²) < 4.78 is 0. The van der Waals surface area contributed by atoms with E-state index in [1.54, 1.807) is 13.4 Å². The van der Waals surface area contributed by atoms with Gasteiger partial charge in [-0.15, -0.1) is 24.8 Å². The van der Waals surface area contributed by atoms with Gasteiger partial charge in [0.1, 0.15) is 0 Å². The number of nitrogens with one attached hydrogen (secondary N) is 3. The van der Waals surface area contributed by atoms with Crippen LogP contribution in [0.25, 0.3) is 0 Å². The summed E-state index contributed by atoms with van der Waals surface area (Å²) in [6.45, 7) is 2.81. The minimum absolute atomic E-state index is 0. The van der Waals surface area contributed by atoms with E-state index in [0.717, 1.165) is 35.9 Å². The Kier molecular flexibility index (Phi) is 13.5. The fraction of sp³-hybridized carbons (Fsp3) is 0.600. The van der Waals surface area contributed by atoms with Crippen LogP contribution in [0.2, 0.25) is 0 Å². The van der Waals surface area contributed by atoms with Crippen molar-refractivity contribution in [2.75, 3.05) is 19.3 Å². The molecule has 0 bridgehead atoms. The molecule has 0 aliphatic rings. The molecule has 9 heteroatoms. The molecule has 112 valence electrons. The summed E-state index contributed by atoms with van der Waals surface area (Å²) in [4.78, 5) is 11.1. The van der Waals surface area contributed by atoms with Crippen molar-refractivity contribution in [3.05, 3.63) is 17.7 Å². The minimum Gasteiger partial charge on any atom is -0.355 e. The molecular weight excluding hydrogens is 309 g/mol. The zero-order chi connectivity index (χ0) is 12.5. The highest BCUT2D eigenvalue weighted by Crippen LogP contribution is 2.12. The molecule has 19 heavy (non-hydrogen) atoms. The third-order valence-corrected chi connectivity index (χ3v) is 3.32. The molecule has 0 fully saturated rings. The maximum Gasteiger partial charge on any atom is 0.215 e. The second-order valence-electron chi connectivity index (χ2n) is 3.49. The first-order valence-electron chi connectivity index (χ1n) is 5.45. The van der Waals surface area contributed by atoms with Gasteiger partial charge in [-0.05, 0) is 19.1 Å². The molecule has 0 saturated heterocycles. The van der Waals surface area contributed by atoms with Crippen LogP contribution in [0.15, 0.2) is 11.3 Å². The largest absolute Gasteiger partial charge is 0.355 e. The Morgan fingerprint density at radius 2 is 2.26 bits per heavy atom. The van der Waals surface area contributed by atoms with Crippen LogP contribution in [0.4, 0.5) is 0 Å². The molecule has 1 heterocycles. The predicted molar refractivity (Wildman–Crippen MR) is 84.9 cm³/mol. The summed E-state index contributed by atoms with van der Waals surface area (Å²) in [5, 5.41) is 11.6. The number of aromatic nitrogens is 2. The van der Waals surface area contributed by atoms with Crippen LogP contribution < -0.4 is 10.8 Å². The third-order valence-electron chi connectivity index (χ3n) is 2.26. The topological polar surface area (TPSA) is 85.3 Å². The Bertz CT molecular complexity index is 361. The maximum absolute atomic E-state index is 8.62. The number of thioether (sulfide) groups is 1. The summed E-state index contributed by atoms with van der Waals surface area (Å²) >= 11 is 1.85. The summed E-state index contributed by atoms with van der Waals surface area (Å²) in [5.41, 5.74) is 4.25. The second-order valence-corrected chi connectivity index (χ2v) is 4.60. The van der Waals surface area contributed by atoms with Crippen molar-refractivity contribution in [1.82, 2.24) is 20.8 Å². The van der Waals surface area contributed by atoms with Gasteiger partial charge in [0, 0.05) is 25.0 Å². The van der Waals surface area contributed by atoms with Crippen molar-refractivity contribution < 1.29 is 5.21 Å². The second kappa shape index (κ2) is 12.4. The SMILES string of the molecule is CN=C(NO)NCCCSCc1nc[nH]c1C.Cl.Cl. The first-order chi connectivity index (χ1) is 8.27. The van der Waals surface area contributed by atoms with Gasteiger partial charge in [0.2, 0.25) is 5.96 Å². The minimum atomic E-state index is 0. The van der Waals surface area contributed by atoms with E-state index >= 15 is 0 Å². The van der Waals surface area contributed by atoms with Crippen molar-refractivity contribution in [2.24, 2.45) is 4.99 Å². The van der Waals surface area contributed by atoms with Gasteiger partial charge in [0.25, 0.3) is 0 Å². The molecule has 1 rings (SSSR count). The van der Waals surface area contributed by atoms with E-state index in [9.17, 15) is 0 Å². The Hall–Kier alpha value is -0.630. The first-order valence-corrected chi connectivity index (χ1v) is 6.60. The Morgan fingerprint density at radius 3 is 2.79 bits per heavy atom. The third kappa shape index (κ3) is 8.20. The van der Waals surface area contributed by atoms with Crippen LogP contribution in [0.1, 0.15) is 17.8 Å². The fourth-order valence-electron chi connectivity index (χ4n) is 1.25. The van der Waals surface area contributed by atoms with Crippen LogP contribution in [-0.4, -0.2) is 40.5 Å². The number of nitrogens with zero attached hydrogens (tertiary/aromatic N) is 2. The van der Waals surface area contributed by atoms with E-state index in [0.29, 0.717) is 5.96 Å². The van der Waals surface area contributed by atoms with Crippen molar-refractivity contribution in [2.45, 2.75) is 19.1 Å². The molecule has 1 aromatic heterocycles. The molecule has 0 atom stereocenters. The standard InChI is InChI=1S/C10H19N5OS.2ClH/c1-8-9(14-7-13-8)6-17-5-3-4-12-10(11-2)15-16;;/h7,16H,3-6H2,1-2H3,(H,13,14)(H2,11,12,15);2*1H. The number of halogens is 2. The molecule has 0 unspecified atom stereocenters. The van der Waals surface area contributed by atoms with Gasteiger partial charge >= 0.3 is 0 Å². The van der Waals surface area contributed by atoms with Gasteiger partial charge in [-0.1, -0.05) is 0 Å². The number of imidazole rings is 1. The molecule has 0 spiro atoms. The summed E-state index contributed by atoms with van der Waals surface area (Å²) in [6, 6.07) is 0. The van der Waals surface area contributed by atoms with Crippen molar-refractivity contribution in [3.8, 4) is 0 Å². The molecule has 0 aliphatic heterocycles. The van der Waals surface area contributed by atoms with Crippen LogP contribution >= 0.6 is 36.6 Å². The number of aliphatic imine (C=N–C) groups is 1. The van der Waals surface area contributed by atoms with Gasteiger partial charge in [-0.25, -0.2) is 10.5 Å². The number of guanidine groups is 1. The van der Waals surface area contributed by atoms with E-state index < -0.39 is 0 Å². The average Bonchev–Trinajstić information content (AvgIpc) is 2.74. The van der Waals surface area contributed by atoms with Crippen LogP contribution in [0, 0.1) is 6.92 Å². The fourth-order valence-corrected chi connectivity index (χ4v) is 2.23. The van der Waals surface area contributed by atoms with Crippen LogP contribution in [-0.2, 0) is 5.75 Å². The zero-order valence-electron chi connectivity index (χ0n) is 11.0. The lowest BCUT2D eigenvalue weighted by Gasteiger charge is -2.06. The summed E-state index contributed by atoms with van der Waals surface area (Å²) in [6.07, 6.45) is 2.73. The van der Waals surface area contributed by atoms with Gasteiger partial charge < -0.3 is 10.3 Å². The number of hydrogen-bond donors (Lipinski definition) is 4. The molecule has 0 radical (unpaired) electrons. The van der Waals surface area contributed by atoms with Crippen LogP contribution in [0.3, 0.4) is 0 Å². The Labute approximate surface area is 130 Å². The van der Waals surface area contributed by atoms with Gasteiger partial charge in [0.15, 0.2) is 0 Å². The first kappa shape index (κ1) is 20.7. The monoisotopic (exact) mass is 329 g/mol. The molecule has 6 nitrogen and oxygen atoms in total. The summed E-state index contributed by atoms with van der Waals surface area (Å²) in [5.74, 6) is 2.38. The number of rotatable bonds is 6. The van der Waals surface area contributed by atoms with Gasteiger partial charge in [-0.2, -0.15) is 11.8 Å². The smallest absolute Gasteiger partial charge is 0.215 e. The number of aromatic amines is 1. The lowest BCUT2D eigenvalue weighted by Crippen LogP contribution is -2.35. The molecule has 0 saturated carbocycles. The lowest BCUT2D eigenvalue weighted by atomic mass is 10.4. The lowest BCUT2D eigenvalue weighted by molar-refractivity contribution is 0.229. The Balaban J connectivity index is 0. The van der Waals surface area contributed by atoms with Gasteiger partial charge in [0.05, 0.1) is 12.0 Å². The highest BCUT2D eigenvalue weighted by Gasteiger charge is 2.00. The Morgan fingerprint density at radius 1 is 1.53 bits per heavy atom. The molecule has 1 aromatic rings. The number of H-pyrrole nitrogens is 1. The molecular formula is C10H21Cl2N5OS. The molecule has 0 amide bonds.